The minimum atomic E-state index is -1.21. The van der Waals surface area contributed by atoms with E-state index in [0.717, 1.165) is 0 Å². The molecule has 210 valence electrons. The van der Waals surface area contributed by atoms with E-state index in [-0.39, 0.29) is 18.1 Å². The van der Waals surface area contributed by atoms with Crippen LogP contribution in [-0.2, 0) is 28.5 Å². The van der Waals surface area contributed by atoms with Gasteiger partial charge in [0, 0.05) is 12.5 Å². The number of carbonyl (C=O) groups excluding carboxylic acids is 2. The Bertz CT molecular complexity index is 1200. The fraction of sp³-hybridized carbons (Fsp3) is 0.444. The fourth-order valence-electron chi connectivity index (χ4n) is 4.58. The number of hydrogen-bond donors (Lipinski definition) is 2. The van der Waals surface area contributed by atoms with Crippen molar-refractivity contribution in [1.82, 2.24) is 5.32 Å². The number of hydrogen-bond acceptors (Lipinski definition) is 10. The second kappa shape index (κ2) is 12.4. The topological polar surface area (TPSA) is 148 Å². The van der Waals surface area contributed by atoms with Crippen LogP contribution in [-0.4, -0.2) is 80.8 Å². The SMILES string of the molecule is COc1ccc(C2OCC3OC(Oc4ccccc4C(C)=O)C(NC(C)=O)C(OCC(=O)O)C3O2)cc1OC. The van der Waals surface area contributed by atoms with Crippen LogP contribution in [0.15, 0.2) is 42.5 Å². The molecule has 2 N–H and O–H groups in total. The van der Waals surface area contributed by atoms with E-state index in [9.17, 15) is 19.5 Å². The molecule has 12 nitrogen and oxygen atoms in total. The number of Topliss-reactive ketones (excluding diaryl/α,β-unsaturated/α-hetero) is 1. The smallest absolute Gasteiger partial charge is 0.329 e. The molecule has 0 aliphatic carbocycles. The number of methoxy groups -OCH3 is 2. The molecule has 12 heteroatoms. The summed E-state index contributed by atoms with van der Waals surface area (Å²) in [5, 5.41) is 12.1. The summed E-state index contributed by atoms with van der Waals surface area (Å²) in [4.78, 5) is 35.8. The molecule has 0 aromatic heterocycles. The number of ether oxygens (including phenoxy) is 7. The van der Waals surface area contributed by atoms with Crippen LogP contribution in [0.4, 0.5) is 0 Å². The van der Waals surface area contributed by atoms with E-state index >= 15 is 0 Å². The molecule has 2 aromatic rings. The lowest BCUT2D eigenvalue weighted by atomic mass is 9.95. The summed E-state index contributed by atoms with van der Waals surface area (Å²) in [6.07, 6.45) is -4.64. The van der Waals surface area contributed by atoms with Crippen LogP contribution < -0.4 is 19.5 Å². The predicted molar refractivity (Wildman–Crippen MR) is 134 cm³/mol. The maximum absolute atomic E-state index is 12.2. The van der Waals surface area contributed by atoms with E-state index < -0.39 is 55.4 Å². The Labute approximate surface area is 225 Å². The van der Waals surface area contributed by atoms with E-state index in [2.05, 4.69) is 5.32 Å². The third-order valence-corrected chi connectivity index (χ3v) is 6.30. The Kier molecular flexibility index (Phi) is 9.02. The van der Waals surface area contributed by atoms with Gasteiger partial charge in [-0.15, -0.1) is 0 Å². The second-order valence-electron chi connectivity index (χ2n) is 8.99. The maximum atomic E-state index is 12.2. The first-order valence-electron chi connectivity index (χ1n) is 12.2. The summed E-state index contributed by atoms with van der Waals surface area (Å²) >= 11 is 0. The maximum Gasteiger partial charge on any atom is 0.329 e. The Morgan fingerprint density at radius 3 is 2.41 bits per heavy atom. The lowest BCUT2D eigenvalue weighted by molar-refractivity contribution is -0.337. The van der Waals surface area contributed by atoms with Crippen molar-refractivity contribution >= 4 is 17.7 Å². The second-order valence-corrected chi connectivity index (χ2v) is 8.99. The van der Waals surface area contributed by atoms with Gasteiger partial charge in [-0.05, 0) is 31.2 Å². The first-order valence-corrected chi connectivity index (χ1v) is 12.2. The van der Waals surface area contributed by atoms with Crippen LogP contribution in [0.1, 0.15) is 36.1 Å². The summed E-state index contributed by atoms with van der Waals surface area (Å²) in [6, 6.07) is 10.8. The van der Waals surface area contributed by atoms with Gasteiger partial charge in [0.05, 0.1) is 26.4 Å². The molecule has 39 heavy (non-hydrogen) atoms. The number of aliphatic carboxylic acids is 1. The lowest BCUT2D eigenvalue weighted by Gasteiger charge is -2.49. The molecule has 2 saturated heterocycles. The van der Waals surface area contributed by atoms with Gasteiger partial charge in [0.25, 0.3) is 0 Å². The Morgan fingerprint density at radius 1 is 1.00 bits per heavy atom. The van der Waals surface area contributed by atoms with Crippen LogP contribution in [0.2, 0.25) is 0 Å². The molecule has 0 bridgehead atoms. The molecule has 4 rings (SSSR count). The zero-order valence-corrected chi connectivity index (χ0v) is 21.9. The third kappa shape index (κ3) is 6.48. The van der Waals surface area contributed by atoms with Crippen molar-refractivity contribution < 1.29 is 52.6 Å². The highest BCUT2D eigenvalue weighted by Gasteiger charge is 2.52. The number of fused-ring (bicyclic) bond motifs is 1. The van der Waals surface area contributed by atoms with Gasteiger partial charge in [-0.2, -0.15) is 0 Å². The molecule has 6 unspecified atom stereocenters. The van der Waals surface area contributed by atoms with Gasteiger partial charge in [-0.1, -0.05) is 18.2 Å². The van der Waals surface area contributed by atoms with Gasteiger partial charge in [-0.25, -0.2) is 4.79 Å². The number of carboxylic acid groups (broad SMARTS) is 1. The number of amides is 1. The standard InChI is InChI=1S/C27H31NO11/c1-14(29)17-7-5-6-8-18(17)37-27-23(28-15(2)30)25(35-13-22(31)32)24-21(38-27)12-36-26(39-24)16-9-10-19(33-3)20(11-16)34-4/h5-11,21,23-27H,12-13H2,1-4H3,(H,28,30)(H,31,32). The van der Waals surface area contributed by atoms with Crippen molar-refractivity contribution in [1.29, 1.82) is 0 Å². The van der Waals surface area contributed by atoms with E-state index in [1.54, 1.807) is 42.5 Å². The first kappa shape index (κ1) is 28.3. The van der Waals surface area contributed by atoms with Gasteiger partial charge >= 0.3 is 5.97 Å². The molecular formula is C27H31NO11. The largest absolute Gasteiger partial charge is 0.493 e. The molecule has 0 radical (unpaired) electrons. The highest BCUT2D eigenvalue weighted by Crippen LogP contribution is 2.38. The van der Waals surface area contributed by atoms with E-state index in [4.69, 9.17) is 33.2 Å². The molecule has 0 saturated carbocycles. The molecule has 2 aliphatic rings. The number of carbonyl (C=O) groups is 3. The van der Waals surface area contributed by atoms with E-state index in [1.165, 1.54) is 28.1 Å². The molecule has 2 aromatic carbocycles. The third-order valence-electron chi connectivity index (χ3n) is 6.30. The minimum Gasteiger partial charge on any atom is -0.493 e. The summed E-state index contributed by atoms with van der Waals surface area (Å²) in [7, 11) is 3.03. The van der Waals surface area contributed by atoms with Crippen LogP contribution in [0.5, 0.6) is 17.2 Å². The van der Waals surface area contributed by atoms with Gasteiger partial charge in [0.15, 0.2) is 23.6 Å². The lowest BCUT2D eigenvalue weighted by Crippen LogP contribution is -2.68. The van der Waals surface area contributed by atoms with Crippen molar-refractivity contribution in [2.24, 2.45) is 0 Å². The molecule has 6 atom stereocenters. The predicted octanol–water partition coefficient (Wildman–Crippen LogP) is 2.10. The number of benzene rings is 2. The van der Waals surface area contributed by atoms with Crippen molar-refractivity contribution in [3.05, 3.63) is 53.6 Å². The zero-order chi connectivity index (χ0) is 28.1. The van der Waals surface area contributed by atoms with Crippen LogP contribution in [0, 0.1) is 0 Å². The Balaban J connectivity index is 1.65. The summed E-state index contributed by atoms with van der Waals surface area (Å²) < 4.78 is 40.9. The Hall–Kier alpha value is -3.71. The van der Waals surface area contributed by atoms with Crippen molar-refractivity contribution in [2.45, 2.75) is 50.8 Å². The Morgan fingerprint density at radius 2 is 1.74 bits per heavy atom. The summed E-state index contributed by atoms with van der Waals surface area (Å²) in [5.41, 5.74) is 0.936. The molecule has 1 amide bonds. The van der Waals surface area contributed by atoms with E-state index in [1.807, 2.05) is 0 Å². The van der Waals surface area contributed by atoms with Gasteiger partial charge < -0.3 is 43.6 Å². The zero-order valence-electron chi connectivity index (χ0n) is 21.9. The van der Waals surface area contributed by atoms with Crippen molar-refractivity contribution in [2.75, 3.05) is 27.4 Å². The number of para-hydroxylation sites is 1. The molecule has 2 aliphatic heterocycles. The van der Waals surface area contributed by atoms with Gasteiger partial charge in [0.1, 0.15) is 36.7 Å². The number of rotatable bonds is 10. The van der Waals surface area contributed by atoms with Crippen LogP contribution in [0.3, 0.4) is 0 Å². The number of carboxylic acids is 1. The molecule has 0 spiro atoms. The van der Waals surface area contributed by atoms with Crippen LogP contribution in [0.25, 0.3) is 0 Å². The average Bonchev–Trinajstić information content (AvgIpc) is 2.92. The first-order chi connectivity index (χ1) is 18.7. The molecular weight excluding hydrogens is 514 g/mol. The molecule has 2 fully saturated rings. The minimum absolute atomic E-state index is 0.0393. The quantitative estimate of drug-likeness (QED) is 0.423. The van der Waals surface area contributed by atoms with Crippen molar-refractivity contribution in [3.63, 3.8) is 0 Å². The highest BCUT2D eigenvalue weighted by molar-refractivity contribution is 5.96. The van der Waals surface area contributed by atoms with Gasteiger partial charge in [0.2, 0.25) is 12.2 Å². The fourth-order valence-corrected chi connectivity index (χ4v) is 4.58. The summed E-state index contributed by atoms with van der Waals surface area (Å²) in [6.45, 7) is 2.09. The van der Waals surface area contributed by atoms with Crippen molar-refractivity contribution in [3.8, 4) is 17.2 Å². The monoisotopic (exact) mass is 545 g/mol. The van der Waals surface area contributed by atoms with Crippen LogP contribution >= 0.6 is 0 Å². The van der Waals surface area contributed by atoms with E-state index in [0.29, 0.717) is 22.6 Å². The average molecular weight is 546 g/mol. The normalized spacial score (nSPS) is 26.2. The summed E-state index contributed by atoms with van der Waals surface area (Å²) in [5.74, 6) is -0.630. The van der Waals surface area contributed by atoms with Gasteiger partial charge in [-0.3, -0.25) is 9.59 Å². The number of ketones is 1. The highest BCUT2D eigenvalue weighted by atomic mass is 16.8. The number of nitrogens with one attached hydrogen (secondary N) is 1. The molecule has 2 heterocycles.